The molecule has 2 aliphatic rings. The predicted molar refractivity (Wildman–Crippen MR) is 224 cm³/mol. The van der Waals surface area contributed by atoms with E-state index in [0.29, 0.717) is 17.5 Å². The summed E-state index contributed by atoms with van der Waals surface area (Å²) in [5, 5.41) is 0. The Morgan fingerprint density at radius 2 is 0.870 bits per heavy atom. The van der Waals surface area contributed by atoms with Gasteiger partial charge in [0.25, 0.3) is 0 Å². The van der Waals surface area contributed by atoms with Crippen LogP contribution in [-0.2, 0) is 0 Å². The van der Waals surface area contributed by atoms with Crippen molar-refractivity contribution in [2.75, 3.05) is 4.81 Å². The van der Waals surface area contributed by atoms with Gasteiger partial charge in [0.05, 0.1) is 0 Å². The molecule has 0 fully saturated rings. The van der Waals surface area contributed by atoms with Crippen LogP contribution < -0.4 is 10.3 Å². The topological polar surface area (TPSA) is 41.9 Å². The van der Waals surface area contributed by atoms with Crippen LogP contribution in [0.5, 0.6) is 0 Å². The molecule has 0 saturated carbocycles. The van der Waals surface area contributed by atoms with E-state index in [1.165, 1.54) is 38.8 Å². The first-order chi connectivity index (χ1) is 26.8. The molecule has 0 aliphatic carbocycles. The average Bonchev–Trinajstić information content (AvgIpc) is 3.27. The Morgan fingerprint density at radius 1 is 0.370 bits per heavy atom. The zero-order valence-electron chi connectivity index (χ0n) is 29.4. The molecule has 10 rings (SSSR count). The van der Waals surface area contributed by atoms with Gasteiger partial charge in [-0.05, 0) is 68.8 Å². The Bertz CT molecular complexity index is 2710. The molecular formula is C49H33BN4. The normalized spacial score (nSPS) is 12.6. The summed E-state index contributed by atoms with van der Waals surface area (Å²) in [6, 6.07) is 61.8. The molecule has 0 saturated heterocycles. The van der Waals surface area contributed by atoms with E-state index < -0.39 is 0 Å². The molecule has 2 aliphatic heterocycles. The SMILES string of the molecule is C1=CB2c3c(-c4ccccc4)ccc(-c4ccccc4)c3-c3ccc(-c4nc(-c5ccccc5)nc(-c5cccc(-c6ccccc6)c5)n4)cc3N2C=C1. The number of anilines is 1. The van der Waals surface area contributed by atoms with E-state index in [2.05, 4.69) is 181 Å². The van der Waals surface area contributed by atoms with Gasteiger partial charge in [0.2, 0.25) is 0 Å². The zero-order chi connectivity index (χ0) is 35.8. The molecule has 8 aromatic rings. The maximum atomic E-state index is 5.18. The summed E-state index contributed by atoms with van der Waals surface area (Å²) in [5.41, 5.74) is 14.8. The minimum Gasteiger partial charge on any atom is -0.383 e. The van der Waals surface area contributed by atoms with Gasteiger partial charge < -0.3 is 4.81 Å². The highest BCUT2D eigenvalue weighted by molar-refractivity contribution is 6.85. The zero-order valence-corrected chi connectivity index (χ0v) is 29.4. The van der Waals surface area contributed by atoms with E-state index in [9.17, 15) is 0 Å². The van der Waals surface area contributed by atoms with Crippen molar-refractivity contribution in [3.8, 4) is 78.7 Å². The molecule has 5 heteroatoms. The minimum absolute atomic E-state index is 0.00106. The molecular weight excluding hydrogens is 655 g/mol. The summed E-state index contributed by atoms with van der Waals surface area (Å²) in [7, 11) is 0. The van der Waals surface area contributed by atoms with E-state index in [0.717, 1.165) is 33.5 Å². The van der Waals surface area contributed by atoms with Crippen molar-refractivity contribution >= 4 is 18.0 Å². The lowest BCUT2D eigenvalue weighted by molar-refractivity contribution is 1.07. The van der Waals surface area contributed by atoms with E-state index in [1.54, 1.807) is 0 Å². The third-order valence-electron chi connectivity index (χ3n) is 10.4. The van der Waals surface area contributed by atoms with Crippen LogP contribution in [-0.4, -0.2) is 21.8 Å². The van der Waals surface area contributed by atoms with Gasteiger partial charge in [-0.2, -0.15) is 0 Å². The molecule has 0 radical (unpaired) electrons. The second-order valence-electron chi connectivity index (χ2n) is 13.6. The molecule has 0 bridgehead atoms. The fraction of sp³-hybridized carbons (Fsp3) is 0. The van der Waals surface area contributed by atoms with Crippen LogP contribution in [0.15, 0.2) is 200 Å². The standard InChI is InChI=1S/C49H33BN4/c1-5-16-34(17-6-1)38-24-15-25-39(32-38)48-51-47(37-22-11-4-12-23-37)52-49(53-48)40-26-27-43-44(33-40)54-31-14-13-30-50(54)46-42(36-20-9-3-10-21-36)29-28-41(45(43)46)35-18-7-2-8-19-35/h1-33H. The largest absolute Gasteiger partial charge is 0.383 e. The van der Waals surface area contributed by atoms with Crippen LogP contribution in [0.3, 0.4) is 0 Å². The minimum atomic E-state index is 0.00106. The number of rotatable bonds is 6. The number of hydrogen-bond donors (Lipinski definition) is 0. The first-order valence-electron chi connectivity index (χ1n) is 18.3. The molecule has 0 atom stereocenters. The van der Waals surface area contributed by atoms with Crippen molar-refractivity contribution in [1.29, 1.82) is 0 Å². The maximum absolute atomic E-state index is 5.18. The molecule has 4 nitrogen and oxygen atoms in total. The van der Waals surface area contributed by atoms with Gasteiger partial charge in [-0.3, -0.25) is 0 Å². The van der Waals surface area contributed by atoms with Gasteiger partial charge in [0.1, 0.15) is 0 Å². The molecule has 0 N–H and O–H groups in total. The molecule has 0 amide bonds. The Kier molecular flexibility index (Phi) is 7.88. The van der Waals surface area contributed by atoms with Gasteiger partial charge in [0, 0.05) is 27.9 Å². The monoisotopic (exact) mass is 688 g/mol. The van der Waals surface area contributed by atoms with Crippen molar-refractivity contribution in [3.63, 3.8) is 0 Å². The summed E-state index contributed by atoms with van der Waals surface area (Å²) < 4.78 is 0. The van der Waals surface area contributed by atoms with Crippen molar-refractivity contribution in [2.45, 2.75) is 0 Å². The van der Waals surface area contributed by atoms with Gasteiger partial charge in [-0.25, -0.2) is 15.0 Å². The highest BCUT2D eigenvalue weighted by Gasteiger charge is 2.37. The summed E-state index contributed by atoms with van der Waals surface area (Å²) >= 11 is 0. The number of hydrogen-bond acceptors (Lipinski definition) is 4. The van der Waals surface area contributed by atoms with Gasteiger partial charge in [0.15, 0.2) is 17.5 Å². The summed E-state index contributed by atoms with van der Waals surface area (Å²) in [6.45, 7) is 0.00106. The smallest absolute Gasteiger partial charge is 0.321 e. The van der Waals surface area contributed by atoms with E-state index in [-0.39, 0.29) is 6.85 Å². The van der Waals surface area contributed by atoms with E-state index in [4.69, 9.17) is 15.0 Å². The first kappa shape index (κ1) is 31.6. The fourth-order valence-electron chi connectivity index (χ4n) is 7.82. The summed E-state index contributed by atoms with van der Waals surface area (Å²) in [4.78, 5) is 17.7. The number of allylic oxidation sites excluding steroid dienone is 2. The van der Waals surface area contributed by atoms with Crippen LogP contribution >= 0.6 is 0 Å². The fourth-order valence-corrected chi connectivity index (χ4v) is 7.82. The Labute approximate surface area is 315 Å². The molecule has 1 aromatic heterocycles. The quantitative estimate of drug-likeness (QED) is 0.163. The highest BCUT2D eigenvalue weighted by atomic mass is 15.1. The lowest BCUT2D eigenvalue weighted by atomic mass is 9.47. The average molecular weight is 689 g/mol. The number of benzene rings is 7. The molecule has 54 heavy (non-hydrogen) atoms. The number of fused-ring (bicyclic) bond motifs is 6. The van der Waals surface area contributed by atoms with Gasteiger partial charge in [-0.15, -0.1) is 0 Å². The predicted octanol–water partition coefficient (Wildman–Crippen LogP) is 11.2. The molecule has 252 valence electrons. The van der Waals surface area contributed by atoms with E-state index >= 15 is 0 Å². The van der Waals surface area contributed by atoms with Crippen LogP contribution in [0.2, 0.25) is 0 Å². The third kappa shape index (κ3) is 5.64. The van der Waals surface area contributed by atoms with Crippen LogP contribution in [0.25, 0.3) is 78.7 Å². The molecule has 3 heterocycles. The second kappa shape index (κ2) is 13.5. The number of nitrogens with zero attached hydrogens (tertiary/aromatic N) is 4. The van der Waals surface area contributed by atoms with Crippen molar-refractivity contribution in [2.24, 2.45) is 0 Å². The first-order valence-corrected chi connectivity index (χ1v) is 18.3. The highest BCUT2D eigenvalue weighted by Crippen LogP contribution is 2.45. The maximum Gasteiger partial charge on any atom is 0.321 e. The van der Waals surface area contributed by atoms with Gasteiger partial charge in [-0.1, -0.05) is 176 Å². The lowest BCUT2D eigenvalue weighted by Gasteiger charge is -2.38. The Hall–Kier alpha value is -7.11. The number of aromatic nitrogens is 3. The van der Waals surface area contributed by atoms with Crippen molar-refractivity contribution in [1.82, 2.24) is 15.0 Å². The summed E-state index contributed by atoms with van der Waals surface area (Å²) in [6.07, 6.45) is 6.48. The lowest BCUT2D eigenvalue weighted by Crippen LogP contribution is -2.50. The van der Waals surface area contributed by atoms with Crippen molar-refractivity contribution < 1.29 is 0 Å². The van der Waals surface area contributed by atoms with E-state index in [1.807, 2.05) is 24.3 Å². The second-order valence-corrected chi connectivity index (χ2v) is 13.6. The summed E-state index contributed by atoms with van der Waals surface area (Å²) in [5.74, 6) is 4.22. The van der Waals surface area contributed by atoms with Gasteiger partial charge >= 0.3 is 6.85 Å². The third-order valence-corrected chi connectivity index (χ3v) is 10.4. The molecule has 7 aromatic carbocycles. The van der Waals surface area contributed by atoms with Crippen LogP contribution in [0.4, 0.5) is 5.69 Å². The van der Waals surface area contributed by atoms with Crippen LogP contribution in [0.1, 0.15) is 0 Å². The molecule has 0 spiro atoms. The Morgan fingerprint density at radius 3 is 1.54 bits per heavy atom. The van der Waals surface area contributed by atoms with Crippen LogP contribution in [0, 0.1) is 0 Å². The molecule has 0 unspecified atom stereocenters. The Balaban J connectivity index is 1.18. The van der Waals surface area contributed by atoms with Crippen molar-refractivity contribution in [3.05, 3.63) is 200 Å².